The van der Waals surface area contributed by atoms with Crippen molar-refractivity contribution in [2.75, 3.05) is 0 Å². The van der Waals surface area contributed by atoms with Crippen LogP contribution in [-0.4, -0.2) is 29.3 Å². The molecule has 0 spiro atoms. The van der Waals surface area contributed by atoms with Crippen LogP contribution in [0.5, 0.6) is 0 Å². The Balaban J connectivity index is 1.68. The zero-order chi connectivity index (χ0) is 16.9. The standard InChI is InChI=1S/C16H19N5O2S/c1-3-7-16-17-15(19-23-16)11-24(22)12(2)14-10-21(20-18-14)13-8-5-4-6-9-13/h4-6,8-10,12H,3,7,11H2,1-2H3/t12-,24+/m0/s1. The fourth-order valence-electron chi connectivity index (χ4n) is 2.22. The molecule has 0 amide bonds. The van der Waals surface area contributed by atoms with Crippen LogP contribution in [0.2, 0.25) is 0 Å². The summed E-state index contributed by atoms with van der Waals surface area (Å²) in [5.41, 5.74) is 1.59. The topological polar surface area (TPSA) is 86.7 Å². The van der Waals surface area contributed by atoms with E-state index in [0.29, 0.717) is 17.4 Å². The minimum atomic E-state index is -1.20. The van der Waals surface area contributed by atoms with Crippen LogP contribution in [0.25, 0.3) is 5.69 Å². The lowest BCUT2D eigenvalue weighted by Crippen LogP contribution is -2.07. The van der Waals surface area contributed by atoms with Gasteiger partial charge in [0.25, 0.3) is 0 Å². The SMILES string of the molecule is CCCc1nc(C[S@@](=O)[C@@H](C)c2cn(-c3ccccc3)nn2)no1. The van der Waals surface area contributed by atoms with Gasteiger partial charge in [0.2, 0.25) is 5.89 Å². The van der Waals surface area contributed by atoms with E-state index in [4.69, 9.17) is 4.52 Å². The summed E-state index contributed by atoms with van der Waals surface area (Å²) in [6.07, 6.45) is 3.47. The van der Waals surface area contributed by atoms with Crippen molar-refractivity contribution in [2.45, 2.75) is 37.7 Å². The molecule has 0 aliphatic rings. The lowest BCUT2D eigenvalue weighted by molar-refractivity contribution is 0.373. The maximum Gasteiger partial charge on any atom is 0.226 e. The number of rotatable bonds is 7. The first kappa shape index (κ1) is 16.5. The van der Waals surface area contributed by atoms with Crippen LogP contribution >= 0.6 is 0 Å². The molecule has 0 fully saturated rings. The van der Waals surface area contributed by atoms with E-state index in [-0.39, 0.29) is 11.0 Å². The molecule has 0 saturated heterocycles. The molecule has 0 aliphatic carbocycles. The van der Waals surface area contributed by atoms with Crippen LogP contribution in [0.15, 0.2) is 41.1 Å². The van der Waals surface area contributed by atoms with Gasteiger partial charge in [0.15, 0.2) is 5.82 Å². The van der Waals surface area contributed by atoms with Crippen molar-refractivity contribution in [1.82, 2.24) is 25.1 Å². The first-order valence-electron chi connectivity index (χ1n) is 7.83. The Bertz CT molecular complexity index is 815. The quantitative estimate of drug-likeness (QED) is 0.654. The maximum absolute atomic E-state index is 12.5. The number of aryl methyl sites for hydroxylation is 1. The van der Waals surface area contributed by atoms with Crippen molar-refractivity contribution in [3.05, 3.63) is 53.9 Å². The highest BCUT2D eigenvalue weighted by molar-refractivity contribution is 7.84. The van der Waals surface area contributed by atoms with Crippen LogP contribution in [-0.2, 0) is 23.0 Å². The van der Waals surface area contributed by atoms with Gasteiger partial charge in [-0.2, -0.15) is 4.98 Å². The molecule has 0 bridgehead atoms. The molecule has 24 heavy (non-hydrogen) atoms. The van der Waals surface area contributed by atoms with Crippen molar-refractivity contribution < 1.29 is 8.73 Å². The average Bonchev–Trinajstić information content (AvgIpc) is 3.25. The Morgan fingerprint density at radius 1 is 1.29 bits per heavy atom. The molecule has 2 atom stereocenters. The molecular formula is C16H19N5O2S. The van der Waals surface area contributed by atoms with Gasteiger partial charge in [-0.3, -0.25) is 4.21 Å². The minimum Gasteiger partial charge on any atom is -0.339 e. The van der Waals surface area contributed by atoms with Gasteiger partial charge in [-0.25, -0.2) is 4.68 Å². The predicted octanol–water partition coefficient (Wildman–Crippen LogP) is 2.61. The second-order valence-corrected chi connectivity index (χ2v) is 7.20. The third-order valence-electron chi connectivity index (χ3n) is 3.59. The molecule has 2 heterocycles. The van der Waals surface area contributed by atoms with Crippen LogP contribution in [0.3, 0.4) is 0 Å². The van der Waals surface area contributed by atoms with Crippen LogP contribution in [0, 0.1) is 0 Å². The predicted molar refractivity (Wildman–Crippen MR) is 89.9 cm³/mol. The molecule has 0 N–H and O–H groups in total. The third kappa shape index (κ3) is 3.76. The second-order valence-electron chi connectivity index (χ2n) is 5.45. The Hall–Kier alpha value is -2.35. The highest BCUT2D eigenvalue weighted by Gasteiger charge is 2.20. The molecule has 3 aromatic rings. The maximum atomic E-state index is 12.5. The number of nitrogens with zero attached hydrogens (tertiary/aromatic N) is 5. The average molecular weight is 345 g/mol. The molecule has 126 valence electrons. The second kappa shape index (κ2) is 7.48. The van der Waals surface area contributed by atoms with Crippen molar-refractivity contribution in [2.24, 2.45) is 0 Å². The number of benzene rings is 1. The molecule has 3 rings (SSSR count). The van der Waals surface area contributed by atoms with Crippen molar-refractivity contribution in [3.63, 3.8) is 0 Å². The highest BCUT2D eigenvalue weighted by atomic mass is 32.2. The van der Waals surface area contributed by atoms with Gasteiger partial charge in [-0.05, 0) is 25.5 Å². The van der Waals surface area contributed by atoms with Gasteiger partial charge in [-0.15, -0.1) is 5.10 Å². The Morgan fingerprint density at radius 2 is 2.08 bits per heavy atom. The van der Waals surface area contributed by atoms with Gasteiger partial charge in [0.1, 0.15) is 0 Å². The molecule has 0 unspecified atom stereocenters. The van der Waals surface area contributed by atoms with Gasteiger partial charge < -0.3 is 4.52 Å². The molecule has 8 heteroatoms. The van der Waals surface area contributed by atoms with E-state index in [1.165, 1.54) is 0 Å². The monoisotopic (exact) mass is 345 g/mol. The third-order valence-corrected chi connectivity index (χ3v) is 5.16. The van der Waals surface area contributed by atoms with Crippen molar-refractivity contribution >= 4 is 10.8 Å². The van der Waals surface area contributed by atoms with Crippen LogP contribution < -0.4 is 0 Å². The minimum absolute atomic E-state index is 0.243. The Labute approximate surface area is 142 Å². The fourth-order valence-corrected chi connectivity index (χ4v) is 3.22. The van der Waals surface area contributed by atoms with E-state index in [1.54, 1.807) is 10.9 Å². The lowest BCUT2D eigenvalue weighted by Gasteiger charge is -2.05. The summed E-state index contributed by atoms with van der Waals surface area (Å²) in [5, 5.41) is 11.9. The normalized spacial score (nSPS) is 13.8. The van der Waals surface area contributed by atoms with Crippen LogP contribution in [0.4, 0.5) is 0 Å². The molecule has 1 aromatic carbocycles. The fraction of sp³-hybridized carbons (Fsp3) is 0.375. The van der Waals surface area contributed by atoms with Crippen molar-refractivity contribution in [1.29, 1.82) is 0 Å². The number of aromatic nitrogens is 5. The van der Waals surface area contributed by atoms with Gasteiger partial charge in [0, 0.05) is 17.2 Å². The zero-order valence-electron chi connectivity index (χ0n) is 13.6. The molecule has 0 aliphatic heterocycles. The summed E-state index contributed by atoms with van der Waals surface area (Å²) >= 11 is 0. The number of hydrogen-bond acceptors (Lipinski definition) is 6. The summed E-state index contributed by atoms with van der Waals surface area (Å²) in [5.74, 6) is 1.30. The number of hydrogen-bond donors (Lipinski definition) is 0. The van der Waals surface area contributed by atoms with Gasteiger partial charge in [-0.1, -0.05) is 35.5 Å². The summed E-state index contributed by atoms with van der Waals surface area (Å²) in [7, 11) is -1.20. The van der Waals surface area contributed by atoms with Gasteiger partial charge >= 0.3 is 0 Å². The van der Waals surface area contributed by atoms with E-state index in [2.05, 4.69) is 20.5 Å². The molecule has 0 saturated carbocycles. The van der Waals surface area contributed by atoms with Crippen LogP contribution in [0.1, 0.15) is 42.9 Å². The van der Waals surface area contributed by atoms with E-state index in [0.717, 1.165) is 18.5 Å². The number of para-hydroxylation sites is 1. The van der Waals surface area contributed by atoms with E-state index >= 15 is 0 Å². The lowest BCUT2D eigenvalue weighted by atomic mass is 10.3. The van der Waals surface area contributed by atoms with E-state index in [1.807, 2.05) is 44.2 Å². The van der Waals surface area contributed by atoms with E-state index in [9.17, 15) is 4.21 Å². The molecule has 0 radical (unpaired) electrons. The largest absolute Gasteiger partial charge is 0.339 e. The summed E-state index contributed by atoms with van der Waals surface area (Å²) < 4.78 is 19.3. The van der Waals surface area contributed by atoms with Crippen molar-refractivity contribution in [3.8, 4) is 5.69 Å². The molecular weight excluding hydrogens is 326 g/mol. The highest BCUT2D eigenvalue weighted by Crippen LogP contribution is 2.20. The Kier molecular flexibility index (Phi) is 5.14. The molecule has 7 nitrogen and oxygen atoms in total. The zero-order valence-corrected chi connectivity index (χ0v) is 14.4. The smallest absolute Gasteiger partial charge is 0.226 e. The summed E-state index contributed by atoms with van der Waals surface area (Å²) in [6.45, 7) is 3.91. The molecule has 2 aromatic heterocycles. The summed E-state index contributed by atoms with van der Waals surface area (Å²) in [6, 6.07) is 9.69. The van der Waals surface area contributed by atoms with Gasteiger partial charge in [0.05, 0.1) is 28.6 Å². The van der Waals surface area contributed by atoms with E-state index < -0.39 is 10.8 Å². The summed E-state index contributed by atoms with van der Waals surface area (Å²) in [4.78, 5) is 4.26. The Morgan fingerprint density at radius 3 is 2.83 bits per heavy atom. The first-order valence-corrected chi connectivity index (χ1v) is 9.22. The first-order chi connectivity index (χ1) is 11.7.